The normalized spacial score (nSPS) is 24.3. The van der Waals surface area contributed by atoms with Crippen LogP contribution >= 0.6 is 0 Å². The van der Waals surface area contributed by atoms with E-state index >= 15 is 0 Å². The second-order valence-corrected chi connectivity index (χ2v) is 8.65. The van der Waals surface area contributed by atoms with E-state index in [0.717, 1.165) is 51.1 Å². The molecule has 1 amide bonds. The van der Waals surface area contributed by atoms with E-state index in [4.69, 9.17) is 9.47 Å². The molecule has 6 nitrogen and oxygen atoms in total. The molecule has 2 fully saturated rings. The number of rotatable bonds is 5. The molecule has 158 valence electrons. The number of pyridine rings is 1. The second-order valence-electron chi connectivity index (χ2n) is 8.65. The molecular weight excluding hydrogens is 378 g/mol. The van der Waals surface area contributed by atoms with Gasteiger partial charge in [0.1, 0.15) is 6.61 Å². The molecule has 2 saturated heterocycles. The van der Waals surface area contributed by atoms with Crippen molar-refractivity contribution < 1.29 is 14.3 Å². The molecule has 1 aromatic heterocycles. The molecule has 3 aliphatic rings. The SMILES string of the molecule is O=C1CCCN1CC1CCCN(Cc2ccc(C3COc4cccnc4O3)cc2)C1. The number of hydrogen-bond acceptors (Lipinski definition) is 5. The van der Waals surface area contributed by atoms with Crippen LogP contribution in [0.4, 0.5) is 0 Å². The predicted molar refractivity (Wildman–Crippen MR) is 113 cm³/mol. The number of nitrogens with zero attached hydrogens (tertiary/aromatic N) is 3. The van der Waals surface area contributed by atoms with Gasteiger partial charge in [-0.05, 0) is 55.0 Å². The number of piperidine rings is 1. The largest absolute Gasteiger partial charge is 0.484 e. The lowest BCUT2D eigenvalue weighted by Crippen LogP contribution is -2.41. The minimum absolute atomic E-state index is 0.126. The number of amides is 1. The Morgan fingerprint density at radius 3 is 2.83 bits per heavy atom. The first-order valence-electron chi connectivity index (χ1n) is 11.1. The molecule has 2 aromatic rings. The summed E-state index contributed by atoms with van der Waals surface area (Å²) in [7, 11) is 0. The summed E-state index contributed by atoms with van der Waals surface area (Å²) < 4.78 is 11.8. The van der Waals surface area contributed by atoms with E-state index in [2.05, 4.69) is 39.0 Å². The fourth-order valence-electron chi connectivity index (χ4n) is 4.82. The van der Waals surface area contributed by atoms with Gasteiger partial charge in [0.15, 0.2) is 11.9 Å². The third kappa shape index (κ3) is 4.29. The standard InChI is InChI=1S/C24H29N3O3/c28-23-6-3-13-27(23)16-19-4-2-12-26(15-19)14-18-7-9-20(10-8-18)22-17-29-21-5-1-11-25-24(21)30-22/h1,5,7-11,19,22H,2-4,6,12-17H2. The summed E-state index contributed by atoms with van der Waals surface area (Å²) in [6.45, 7) is 5.55. The number of ether oxygens (including phenoxy) is 2. The Bertz CT molecular complexity index is 886. The van der Waals surface area contributed by atoms with E-state index in [1.54, 1.807) is 6.20 Å². The van der Waals surface area contributed by atoms with Crippen LogP contribution in [0.1, 0.15) is 42.9 Å². The zero-order valence-electron chi connectivity index (χ0n) is 17.3. The van der Waals surface area contributed by atoms with Gasteiger partial charge in [-0.1, -0.05) is 24.3 Å². The van der Waals surface area contributed by atoms with Crippen LogP contribution in [0.25, 0.3) is 0 Å². The minimum Gasteiger partial charge on any atom is -0.484 e. The summed E-state index contributed by atoms with van der Waals surface area (Å²) >= 11 is 0. The maximum absolute atomic E-state index is 11.9. The Balaban J connectivity index is 1.17. The first kappa shape index (κ1) is 19.4. The van der Waals surface area contributed by atoms with E-state index in [9.17, 15) is 4.79 Å². The van der Waals surface area contributed by atoms with Crippen LogP contribution in [0.2, 0.25) is 0 Å². The molecule has 3 aliphatic heterocycles. The van der Waals surface area contributed by atoms with Crippen molar-refractivity contribution in [2.75, 3.05) is 32.8 Å². The molecule has 2 unspecified atom stereocenters. The summed E-state index contributed by atoms with van der Waals surface area (Å²) in [6.07, 6.45) is 5.80. The van der Waals surface area contributed by atoms with Crippen LogP contribution < -0.4 is 9.47 Å². The molecule has 2 atom stereocenters. The molecule has 1 aromatic carbocycles. The fourth-order valence-corrected chi connectivity index (χ4v) is 4.82. The van der Waals surface area contributed by atoms with E-state index in [1.165, 1.54) is 18.4 Å². The molecule has 0 saturated carbocycles. The lowest BCUT2D eigenvalue weighted by Gasteiger charge is -2.34. The molecule has 0 N–H and O–H groups in total. The lowest BCUT2D eigenvalue weighted by molar-refractivity contribution is -0.128. The van der Waals surface area contributed by atoms with Crippen LogP contribution in [0.5, 0.6) is 11.6 Å². The van der Waals surface area contributed by atoms with Gasteiger partial charge < -0.3 is 14.4 Å². The number of carbonyl (C=O) groups is 1. The average molecular weight is 408 g/mol. The average Bonchev–Trinajstić information content (AvgIpc) is 3.18. The van der Waals surface area contributed by atoms with E-state index in [-0.39, 0.29) is 6.10 Å². The van der Waals surface area contributed by atoms with Crippen molar-refractivity contribution in [3.8, 4) is 11.6 Å². The highest BCUT2D eigenvalue weighted by Gasteiger charge is 2.27. The van der Waals surface area contributed by atoms with Crippen molar-refractivity contribution in [1.29, 1.82) is 0 Å². The minimum atomic E-state index is -0.126. The second kappa shape index (κ2) is 8.64. The smallest absolute Gasteiger partial charge is 0.257 e. The van der Waals surface area contributed by atoms with Crippen LogP contribution in [-0.4, -0.2) is 53.5 Å². The Labute approximate surface area is 177 Å². The number of likely N-dealkylation sites (tertiary alicyclic amines) is 2. The first-order chi connectivity index (χ1) is 14.7. The van der Waals surface area contributed by atoms with E-state index < -0.39 is 0 Å². The summed E-state index contributed by atoms with van der Waals surface area (Å²) in [6, 6.07) is 12.4. The molecule has 0 aliphatic carbocycles. The number of aromatic nitrogens is 1. The molecular formula is C24H29N3O3. The summed E-state index contributed by atoms with van der Waals surface area (Å²) in [5.74, 6) is 2.21. The molecule has 0 spiro atoms. The monoisotopic (exact) mass is 407 g/mol. The van der Waals surface area contributed by atoms with Gasteiger partial charge in [-0.3, -0.25) is 9.69 Å². The molecule has 4 heterocycles. The molecule has 6 heteroatoms. The van der Waals surface area contributed by atoms with Gasteiger partial charge in [0, 0.05) is 38.8 Å². The Morgan fingerprint density at radius 1 is 1.10 bits per heavy atom. The maximum Gasteiger partial charge on any atom is 0.257 e. The topological polar surface area (TPSA) is 54.9 Å². The van der Waals surface area contributed by atoms with Crippen molar-refractivity contribution in [3.05, 3.63) is 53.7 Å². The van der Waals surface area contributed by atoms with Crippen LogP contribution in [0, 0.1) is 5.92 Å². The van der Waals surface area contributed by atoms with E-state index in [0.29, 0.717) is 30.1 Å². The van der Waals surface area contributed by atoms with Crippen molar-refractivity contribution >= 4 is 5.91 Å². The van der Waals surface area contributed by atoms with Gasteiger partial charge in [0.05, 0.1) is 0 Å². The van der Waals surface area contributed by atoms with Crippen molar-refractivity contribution in [1.82, 2.24) is 14.8 Å². The maximum atomic E-state index is 11.9. The Morgan fingerprint density at radius 2 is 2.00 bits per heavy atom. The number of benzene rings is 1. The summed E-state index contributed by atoms with van der Waals surface area (Å²) in [5, 5.41) is 0. The third-order valence-corrected chi connectivity index (χ3v) is 6.39. The highest BCUT2D eigenvalue weighted by Crippen LogP contribution is 2.34. The van der Waals surface area contributed by atoms with Gasteiger partial charge in [-0.2, -0.15) is 0 Å². The van der Waals surface area contributed by atoms with Crippen molar-refractivity contribution in [2.45, 2.75) is 38.3 Å². The first-order valence-corrected chi connectivity index (χ1v) is 11.1. The quantitative estimate of drug-likeness (QED) is 0.760. The van der Waals surface area contributed by atoms with Gasteiger partial charge in [0.25, 0.3) is 5.88 Å². The summed E-state index contributed by atoms with van der Waals surface area (Å²) in [4.78, 5) is 20.8. The highest BCUT2D eigenvalue weighted by atomic mass is 16.6. The summed E-state index contributed by atoms with van der Waals surface area (Å²) in [5.41, 5.74) is 2.42. The number of hydrogen-bond donors (Lipinski definition) is 0. The van der Waals surface area contributed by atoms with Crippen molar-refractivity contribution in [2.24, 2.45) is 5.92 Å². The van der Waals surface area contributed by atoms with Gasteiger partial charge >= 0.3 is 0 Å². The van der Waals surface area contributed by atoms with Gasteiger partial charge in [0.2, 0.25) is 5.91 Å². The number of fused-ring (bicyclic) bond motifs is 1. The van der Waals surface area contributed by atoms with Gasteiger partial charge in [-0.25, -0.2) is 4.98 Å². The molecule has 30 heavy (non-hydrogen) atoms. The Hall–Kier alpha value is -2.60. The van der Waals surface area contributed by atoms with Crippen LogP contribution in [-0.2, 0) is 11.3 Å². The highest BCUT2D eigenvalue weighted by molar-refractivity contribution is 5.78. The van der Waals surface area contributed by atoms with E-state index in [1.807, 2.05) is 12.1 Å². The zero-order valence-corrected chi connectivity index (χ0v) is 17.3. The fraction of sp³-hybridized carbons (Fsp3) is 0.500. The molecule has 0 bridgehead atoms. The number of carbonyl (C=O) groups excluding carboxylic acids is 1. The lowest BCUT2D eigenvalue weighted by atomic mass is 9.96. The molecule has 5 rings (SSSR count). The van der Waals surface area contributed by atoms with Crippen LogP contribution in [0.3, 0.4) is 0 Å². The van der Waals surface area contributed by atoms with Gasteiger partial charge in [-0.15, -0.1) is 0 Å². The van der Waals surface area contributed by atoms with Crippen molar-refractivity contribution in [3.63, 3.8) is 0 Å². The van der Waals surface area contributed by atoms with Crippen LogP contribution in [0.15, 0.2) is 42.6 Å². The predicted octanol–water partition coefficient (Wildman–Crippen LogP) is 3.43. The third-order valence-electron chi connectivity index (χ3n) is 6.39. The molecule has 0 radical (unpaired) electrons. The zero-order chi connectivity index (χ0) is 20.3. The Kier molecular flexibility index (Phi) is 5.58.